The number of piperazine rings is 1. The van der Waals surface area contributed by atoms with Crippen LogP contribution in [-0.2, 0) is 9.59 Å². The van der Waals surface area contributed by atoms with E-state index in [0.717, 1.165) is 15.7 Å². The summed E-state index contributed by atoms with van der Waals surface area (Å²) in [5.41, 5.74) is 1.52. The molecule has 1 aliphatic rings. The largest absolute Gasteiger partial charge is 0.342 e. The van der Waals surface area contributed by atoms with E-state index in [-0.39, 0.29) is 23.8 Å². The van der Waals surface area contributed by atoms with Gasteiger partial charge in [-0.05, 0) is 46.0 Å². The highest BCUT2D eigenvalue weighted by molar-refractivity contribution is 9.10. The quantitative estimate of drug-likeness (QED) is 0.855. The van der Waals surface area contributed by atoms with Gasteiger partial charge in [-0.3, -0.25) is 9.59 Å². The van der Waals surface area contributed by atoms with Crippen LogP contribution >= 0.6 is 15.9 Å². The molecule has 0 spiro atoms. The number of carbonyl (C=O) groups excluding carboxylic acids is 2. The number of halogens is 1. The Morgan fingerprint density at radius 3 is 2.50 bits per heavy atom. The molecule has 0 radical (unpaired) electrons. The lowest BCUT2D eigenvalue weighted by Crippen LogP contribution is -2.62. The van der Waals surface area contributed by atoms with E-state index in [1.807, 2.05) is 45.9 Å². The molecule has 1 unspecified atom stereocenters. The first-order valence-electron chi connectivity index (χ1n) is 6.57. The van der Waals surface area contributed by atoms with Gasteiger partial charge in [-0.1, -0.05) is 26.8 Å². The summed E-state index contributed by atoms with van der Waals surface area (Å²) in [7, 11) is 0. The van der Waals surface area contributed by atoms with Crippen molar-refractivity contribution in [1.29, 1.82) is 0 Å². The van der Waals surface area contributed by atoms with E-state index in [2.05, 4.69) is 21.2 Å². The Balaban J connectivity index is 2.40. The molecule has 108 valence electrons. The molecule has 1 heterocycles. The van der Waals surface area contributed by atoms with E-state index in [1.54, 1.807) is 4.90 Å². The Kier molecular flexibility index (Phi) is 3.91. The van der Waals surface area contributed by atoms with Crippen LogP contribution in [0.15, 0.2) is 22.7 Å². The van der Waals surface area contributed by atoms with E-state index in [9.17, 15) is 9.59 Å². The summed E-state index contributed by atoms with van der Waals surface area (Å²) < 4.78 is 0.827. The van der Waals surface area contributed by atoms with Crippen LogP contribution in [0.5, 0.6) is 0 Å². The van der Waals surface area contributed by atoms with Gasteiger partial charge >= 0.3 is 0 Å². The maximum Gasteiger partial charge on any atom is 0.250 e. The molecule has 20 heavy (non-hydrogen) atoms. The normalized spacial score (nSPS) is 20.1. The van der Waals surface area contributed by atoms with Gasteiger partial charge in [-0.2, -0.15) is 0 Å². The highest BCUT2D eigenvalue weighted by atomic mass is 79.9. The average molecular weight is 339 g/mol. The van der Waals surface area contributed by atoms with Crippen LogP contribution in [0.4, 0.5) is 5.69 Å². The van der Waals surface area contributed by atoms with Gasteiger partial charge in [0, 0.05) is 4.47 Å². The minimum atomic E-state index is -0.503. The molecule has 1 aromatic carbocycles. The monoisotopic (exact) mass is 338 g/mol. The first-order valence-corrected chi connectivity index (χ1v) is 7.36. The molecular weight excluding hydrogens is 320 g/mol. The van der Waals surface area contributed by atoms with Crippen molar-refractivity contribution >= 4 is 33.4 Å². The van der Waals surface area contributed by atoms with E-state index in [1.165, 1.54) is 0 Å². The standard InChI is InChI=1S/C15H19BrN2O2/c1-9-5-6-11(10(16)7-9)18-8-12(19)17-13(14(18)20)15(2,3)4/h5-7,13H,8H2,1-4H3,(H,17,19). The van der Waals surface area contributed by atoms with Crippen molar-refractivity contribution in [2.24, 2.45) is 5.41 Å². The fraction of sp³-hybridized carbons (Fsp3) is 0.467. The van der Waals surface area contributed by atoms with Crippen LogP contribution in [0, 0.1) is 12.3 Å². The number of amides is 2. The van der Waals surface area contributed by atoms with Crippen LogP contribution in [0.1, 0.15) is 26.3 Å². The minimum Gasteiger partial charge on any atom is -0.342 e. The molecule has 1 aliphatic heterocycles. The van der Waals surface area contributed by atoms with Gasteiger partial charge in [0.05, 0.1) is 5.69 Å². The van der Waals surface area contributed by atoms with Gasteiger partial charge in [0.2, 0.25) is 5.91 Å². The fourth-order valence-electron chi connectivity index (χ4n) is 2.27. The number of rotatable bonds is 1. The third-order valence-electron chi connectivity index (χ3n) is 3.38. The Hall–Kier alpha value is -1.36. The lowest BCUT2D eigenvalue weighted by molar-refractivity contribution is -0.133. The van der Waals surface area contributed by atoms with E-state index in [4.69, 9.17) is 0 Å². The van der Waals surface area contributed by atoms with Crippen molar-refractivity contribution in [3.8, 4) is 0 Å². The summed E-state index contributed by atoms with van der Waals surface area (Å²) in [4.78, 5) is 26.1. The smallest absolute Gasteiger partial charge is 0.250 e. The molecule has 1 saturated heterocycles. The molecule has 1 N–H and O–H groups in total. The maximum absolute atomic E-state index is 12.6. The number of nitrogens with one attached hydrogen (secondary N) is 1. The van der Waals surface area contributed by atoms with E-state index < -0.39 is 6.04 Å². The lowest BCUT2D eigenvalue weighted by atomic mass is 9.84. The first-order chi connectivity index (χ1) is 9.20. The van der Waals surface area contributed by atoms with Crippen molar-refractivity contribution in [2.45, 2.75) is 33.7 Å². The third kappa shape index (κ3) is 2.87. The molecule has 5 heteroatoms. The summed E-state index contributed by atoms with van der Waals surface area (Å²) >= 11 is 3.47. The minimum absolute atomic E-state index is 0.0626. The first kappa shape index (κ1) is 15.0. The molecule has 1 aromatic rings. The second-order valence-electron chi connectivity index (χ2n) is 6.25. The Labute approximate surface area is 127 Å². The molecule has 4 nitrogen and oxygen atoms in total. The SMILES string of the molecule is Cc1ccc(N2CC(=O)NC(C(C)(C)C)C2=O)c(Br)c1. The average Bonchev–Trinajstić information content (AvgIpc) is 2.31. The van der Waals surface area contributed by atoms with Gasteiger partial charge in [-0.25, -0.2) is 0 Å². The highest BCUT2D eigenvalue weighted by Crippen LogP contribution is 2.31. The van der Waals surface area contributed by atoms with Gasteiger partial charge < -0.3 is 10.2 Å². The van der Waals surface area contributed by atoms with Gasteiger partial charge in [0.1, 0.15) is 12.6 Å². The van der Waals surface area contributed by atoms with Crippen molar-refractivity contribution in [1.82, 2.24) is 5.32 Å². The summed E-state index contributed by atoms with van der Waals surface area (Å²) in [6.07, 6.45) is 0. The second-order valence-corrected chi connectivity index (χ2v) is 7.10. The maximum atomic E-state index is 12.6. The third-order valence-corrected chi connectivity index (χ3v) is 4.02. The molecule has 0 aromatic heterocycles. The summed E-state index contributed by atoms with van der Waals surface area (Å²) in [6, 6.07) is 5.25. The van der Waals surface area contributed by atoms with Crippen LogP contribution in [-0.4, -0.2) is 24.4 Å². The lowest BCUT2D eigenvalue weighted by Gasteiger charge is -2.39. The van der Waals surface area contributed by atoms with E-state index in [0.29, 0.717) is 0 Å². The molecule has 0 aliphatic carbocycles. The molecule has 0 bridgehead atoms. The summed E-state index contributed by atoms with van der Waals surface area (Å²) in [6.45, 7) is 7.89. The van der Waals surface area contributed by atoms with Gasteiger partial charge in [0.25, 0.3) is 5.91 Å². The number of nitrogens with zero attached hydrogens (tertiary/aromatic N) is 1. The molecule has 2 rings (SSSR count). The summed E-state index contributed by atoms with van der Waals surface area (Å²) in [5.74, 6) is -0.196. The highest BCUT2D eigenvalue weighted by Gasteiger charge is 2.40. The van der Waals surface area contributed by atoms with Crippen LogP contribution < -0.4 is 10.2 Å². The van der Waals surface area contributed by atoms with Crippen molar-refractivity contribution in [3.63, 3.8) is 0 Å². The summed E-state index contributed by atoms with van der Waals surface area (Å²) in [5, 5.41) is 2.79. The van der Waals surface area contributed by atoms with Crippen LogP contribution in [0.2, 0.25) is 0 Å². The van der Waals surface area contributed by atoms with Crippen molar-refractivity contribution in [2.75, 3.05) is 11.4 Å². The number of benzene rings is 1. The van der Waals surface area contributed by atoms with Gasteiger partial charge in [-0.15, -0.1) is 0 Å². The molecule has 0 saturated carbocycles. The molecular formula is C15H19BrN2O2. The molecule has 1 atom stereocenters. The zero-order valence-corrected chi connectivity index (χ0v) is 13.7. The topological polar surface area (TPSA) is 49.4 Å². The predicted molar refractivity (Wildman–Crippen MR) is 82.6 cm³/mol. The number of carbonyl (C=O) groups is 2. The number of aryl methyl sites for hydroxylation is 1. The van der Waals surface area contributed by atoms with Crippen molar-refractivity contribution < 1.29 is 9.59 Å². The zero-order valence-electron chi connectivity index (χ0n) is 12.2. The Bertz CT molecular complexity index is 563. The van der Waals surface area contributed by atoms with Crippen LogP contribution in [0.25, 0.3) is 0 Å². The van der Waals surface area contributed by atoms with Gasteiger partial charge in [0.15, 0.2) is 0 Å². The number of anilines is 1. The number of hydrogen-bond donors (Lipinski definition) is 1. The van der Waals surface area contributed by atoms with Crippen LogP contribution in [0.3, 0.4) is 0 Å². The molecule has 1 fully saturated rings. The second kappa shape index (κ2) is 5.20. The van der Waals surface area contributed by atoms with Crippen molar-refractivity contribution in [3.05, 3.63) is 28.2 Å². The van der Waals surface area contributed by atoms with E-state index >= 15 is 0 Å². The predicted octanol–water partition coefficient (Wildman–Crippen LogP) is 2.64. The Morgan fingerprint density at radius 2 is 1.95 bits per heavy atom. The number of hydrogen-bond acceptors (Lipinski definition) is 2. The Morgan fingerprint density at radius 1 is 1.30 bits per heavy atom. The molecule has 2 amide bonds. The fourth-order valence-corrected chi connectivity index (χ4v) is 2.97. The zero-order chi connectivity index (χ0) is 15.1.